The van der Waals surface area contributed by atoms with Crippen molar-refractivity contribution in [2.45, 2.75) is 19.6 Å². The number of nitrogens with zero attached hydrogens (tertiary/aromatic N) is 2. The van der Waals surface area contributed by atoms with Gasteiger partial charge in [-0.1, -0.05) is 40.6 Å². The monoisotopic (exact) mass is 476 g/mol. The van der Waals surface area contributed by atoms with Crippen molar-refractivity contribution < 1.29 is 27.5 Å². The lowest BCUT2D eigenvalue weighted by Crippen LogP contribution is -2.23. The van der Waals surface area contributed by atoms with Crippen molar-refractivity contribution in [3.8, 4) is 0 Å². The van der Waals surface area contributed by atoms with Gasteiger partial charge in [-0.15, -0.1) is 0 Å². The molecular formula is C19H13Cl2F3N2O3S. The van der Waals surface area contributed by atoms with Crippen LogP contribution in [0.4, 0.5) is 13.2 Å². The highest BCUT2D eigenvalue weighted by Gasteiger charge is 2.31. The second kappa shape index (κ2) is 8.79. The zero-order valence-corrected chi connectivity index (χ0v) is 17.6. The molecule has 1 aromatic heterocycles. The van der Waals surface area contributed by atoms with Gasteiger partial charge >= 0.3 is 12.1 Å². The van der Waals surface area contributed by atoms with E-state index in [-0.39, 0.29) is 33.6 Å². The molecule has 30 heavy (non-hydrogen) atoms. The molecule has 0 N–H and O–H groups in total. The number of aromatic nitrogens is 1. The molecule has 158 valence electrons. The van der Waals surface area contributed by atoms with Gasteiger partial charge in [-0.25, -0.2) is 0 Å². The van der Waals surface area contributed by atoms with Gasteiger partial charge in [0.25, 0.3) is 5.91 Å². The molecule has 3 rings (SSSR count). The molecule has 1 amide bonds. The number of amides is 1. The van der Waals surface area contributed by atoms with Gasteiger partial charge in [-0.3, -0.25) is 9.59 Å². The Morgan fingerprint density at radius 3 is 2.60 bits per heavy atom. The molecule has 0 aliphatic rings. The predicted molar refractivity (Wildman–Crippen MR) is 108 cm³/mol. The maximum absolute atomic E-state index is 12.9. The Balaban J connectivity index is 2.15. The SMILES string of the molecule is CCOC(=O)Cn1c(=NC(=O)c2cccc(C(F)(F)F)c2)sc2ccc(Cl)c(Cl)c21. The van der Waals surface area contributed by atoms with Gasteiger partial charge < -0.3 is 9.30 Å². The molecule has 3 aromatic rings. The molecule has 0 radical (unpaired) electrons. The molecule has 0 fully saturated rings. The normalized spacial score (nSPS) is 12.4. The first-order valence-electron chi connectivity index (χ1n) is 8.51. The van der Waals surface area contributed by atoms with Gasteiger partial charge in [0, 0.05) is 5.56 Å². The first-order valence-corrected chi connectivity index (χ1v) is 10.1. The van der Waals surface area contributed by atoms with E-state index >= 15 is 0 Å². The van der Waals surface area contributed by atoms with Crippen LogP contribution in [0, 0.1) is 0 Å². The third-order valence-corrected chi connectivity index (χ3v) is 5.80. The van der Waals surface area contributed by atoms with Crippen molar-refractivity contribution in [3.63, 3.8) is 0 Å². The fourth-order valence-corrected chi connectivity index (χ4v) is 4.16. The third-order valence-electron chi connectivity index (χ3n) is 3.96. The van der Waals surface area contributed by atoms with Crippen LogP contribution in [0.5, 0.6) is 0 Å². The van der Waals surface area contributed by atoms with E-state index in [9.17, 15) is 22.8 Å². The summed E-state index contributed by atoms with van der Waals surface area (Å²) in [5.74, 6) is -1.49. The summed E-state index contributed by atoms with van der Waals surface area (Å²) >= 11 is 13.4. The van der Waals surface area contributed by atoms with Gasteiger partial charge in [0.2, 0.25) is 0 Å². The Morgan fingerprint density at radius 2 is 1.93 bits per heavy atom. The molecular weight excluding hydrogens is 464 g/mol. The van der Waals surface area contributed by atoms with Crippen LogP contribution in [0.3, 0.4) is 0 Å². The average molecular weight is 477 g/mol. The van der Waals surface area contributed by atoms with Crippen LogP contribution in [0.25, 0.3) is 10.2 Å². The molecule has 0 unspecified atom stereocenters. The van der Waals surface area contributed by atoms with E-state index in [4.69, 9.17) is 27.9 Å². The molecule has 2 aromatic carbocycles. The average Bonchev–Trinajstić information content (AvgIpc) is 3.02. The van der Waals surface area contributed by atoms with Crippen molar-refractivity contribution in [1.29, 1.82) is 0 Å². The number of carbonyl (C=O) groups excluding carboxylic acids is 2. The number of hydrogen-bond donors (Lipinski definition) is 0. The van der Waals surface area contributed by atoms with Crippen molar-refractivity contribution in [2.24, 2.45) is 4.99 Å². The number of fused-ring (bicyclic) bond motifs is 1. The molecule has 0 bridgehead atoms. The van der Waals surface area contributed by atoms with E-state index in [1.54, 1.807) is 19.1 Å². The second-order valence-electron chi connectivity index (χ2n) is 5.98. The molecule has 5 nitrogen and oxygen atoms in total. The Bertz CT molecular complexity index is 1200. The topological polar surface area (TPSA) is 60.7 Å². The molecule has 0 saturated carbocycles. The molecule has 0 saturated heterocycles. The number of rotatable bonds is 4. The summed E-state index contributed by atoms with van der Waals surface area (Å²) in [6.45, 7) is 1.48. The molecule has 0 spiro atoms. The summed E-state index contributed by atoms with van der Waals surface area (Å²) in [6.07, 6.45) is -4.60. The lowest BCUT2D eigenvalue weighted by molar-refractivity contribution is -0.143. The lowest BCUT2D eigenvalue weighted by Gasteiger charge is -2.08. The number of hydrogen-bond acceptors (Lipinski definition) is 4. The van der Waals surface area contributed by atoms with E-state index in [1.807, 2.05) is 0 Å². The van der Waals surface area contributed by atoms with Crippen LogP contribution in [-0.2, 0) is 22.3 Å². The van der Waals surface area contributed by atoms with Gasteiger partial charge in [0.05, 0.1) is 32.4 Å². The number of benzene rings is 2. The van der Waals surface area contributed by atoms with Gasteiger partial charge in [-0.2, -0.15) is 18.2 Å². The van der Waals surface area contributed by atoms with Crippen LogP contribution < -0.4 is 4.80 Å². The highest BCUT2D eigenvalue weighted by molar-refractivity contribution is 7.16. The number of ether oxygens (including phenoxy) is 1. The fourth-order valence-electron chi connectivity index (χ4n) is 2.65. The van der Waals surface area contributed by atoms with Crippen molar-refractivity contribution in [2.75, 3.05) is 6.61 Å². The Labute approximate surface area is 182 Å². The smallest absolute Gasteiger partial charge is 0.416 e. The summed E-state index contributed by atoms with van der Waals surface area (Å²) in [6, 6.07) is 7.13. The quantitative estimate of drug-likeness (QED) is 0.478. The summed E-state index contributed by atoms with van der Waals surface area (Å²) < 4.78 is 45.7. The third kappa shape index (κ3) is 4.69. The Morgan fingerprint density at radius 1 is 1.20 bits per heavy atom. The minimum absolute atomic E-state index is 0.0737. The molecule has 11 heteroatoms. The van der Waals surface area contributed by atoms with Crippen LogP contribution >= 0.6 is 34.5 Å². The summed E-state index contributed by atoms with van der Waals surface area (Å²) in [5.41, 5.74) is -0.832. The number of thiazole rings is 1. The molecule has 1 heterocycles. The Kier molecular flexibility index (Phi) is 6.54. The van der Waals surface area contributed by atoms with Crippen LogP contribution in [0.15, 0.2) is 41.4 Å². The zero-order valence-electron chi connectivity index (χ0n) is 15.3. The van der Waals surface area contributed by atoms with E-state index < -0.39 is 23.6 Å². The summed E-state index contributed by atoms with van der Waals surface area (Å²) in [7, 11) is 0. The maximum Gasteiger partial charge on any atom is 0.416 e. The first kappa shape index (κ1) is 22.3. The van der Waals surface area contributed by atoms with E-state index in [0.29, 0.717) is 10.2 Å². The first-order chi connectivity index (χ1) is 14.1. The predicted octanol–water partition coefficient (Wildman–Crippen LogP) is 5.33. The highest BCUT2D eigenvalue weighted by atomic mass is 35.5. The van der Waals surface area contributed by atoms with E-state index in [0.717, 1.165) is 29.5 Å². The fraction of sp³-hybridized carbons (Fsp3) is 0.211. The van der Waals surface area contributed by atoms with Crippen molar-refractivity contribution in [1.82, 2.24) is 4.57 Å². The van der Waals surface area contributed by atoms with Crippen LogP contribution in [-0.4, -0.2) is 23.1 Å². The van der Waals surface area contributed by atoms with Crippen molar-refractivity contribution in [3.05, 3.63) is 62.4 Å². The molecule has 0 aliphatic heterocycles. The minimum atomic E-state index is -4.60. The summed E-state index contributed by atoms with van der Waals surface area (Å²) in [4.78, 5) is 28.6. The largest absolute Gasteiger partial charge is 0.465 e. The van der Waals surface area contributed by atoms with E-state index in [2.05, 4.69) is 4.99 Å². The number of alkyl halides is 3. The Hall–Kier alpha value is -2.36. The highest BCUT2D eigenvalue weighted by Crippen LogP contribution is 2.32. The second-order valence-corrected chi connectivity index (χ2v) is 7.77. The molecule has 0 atom stereocenters. The number of halogens is 5. The molecule has 0 aliphatic carbocycles. The number of esters is 1. The van der Waals surface area contributed by atoms with E-state index in [1.165, 1.54) is 10.6 Å². The lowest BCUT2D eigenvalue weighted by atomic mass is 10.1. The van der Waals surface area contributed by atoms with Crippen molar-refractivity contribution >= 4 is 56.6 Å². The minimum Gasteiger partial charge on any atom is -0.465 e. The standard InChI is InChI=1S/C19H13Cl2F3N2O3S/c1-2-29-14(27)9-26-16-13(7-6-12(20)15(16)21)30-18(26)25-17(28)10-4-3-5-11(8-10)19(22,23)24/h3-8H,2,9H2,1H3. The van der Waals surface area contributed by atoms with Crippen LogP contribution in [0.2, 0.25) is 10.0 Å². The van der Waals surface area contributed by atoms with Crippen LogP contribution in [0.1, 0.15) is 22.8 Å². The maximum atomic E-state index is 12.9. The zero-order chi connectivity index (χ0) is 22.1. The summed E-state index contributed by atoms with van der Waals surface area (Å²) in [5, 5.41) is 0.387. The van der Waals surface area contributed by atoms with Gasteiger partial charge in [-0.05, 0) is 37.3 Å². The number of carbonyl (C=O) groups is 2. The van der Waals surface area contributed by atoms with Gasteiger partial charge in [0.15, 0.2) is 4.80 Å². The van der Waals surface area contributed by atoms with Gasteiger partial charge in [0.1, 0.15) is 6.54 Å².